The van der Waals surface area contributed by atoms with Crippen LogP contribution in [0.5, 0.6) is 5.75 Å². The van der Waals surface area contributed by atoms with Crippen LogP contribution in [0.25, 0.3) is 22.0 Å². The standard InChI is InChI=1S/C31H36N6O/c1-3-10-27-29(18-17-26-28(21-33-30(26)27)22-11-6-5-7-12-22)38-20-9-8-19-32-24-15-13-23(14-16-24)25(4-2)31-34-36-37-35-31/h5-7,11-18,21,25,32-33H,3-4,8-10,19-20H2,1-2H3,(H,34,35,36,37). The lowest BCUT2D eigenvalue weighted by molar-refractivity contribution is 0.306. The van der Waals surface area contributed by atoms with Crippen molar-refractivity contribution in [3.8, 4) is 16.9 Å². The van der Waals surface area contributed by atoms with Crippen molar-refractivity contribution in [1.29, 1.82) is 0 Å². The van der Waals surface area contributed by atoms with E-state index in [0.717, 1.165) is 55.9 Å². The Kier molecular flexibility index (Phi) is 8.33. The quantitative estimate of drug-likeness (QED) is 0.147. The van der Waals surface area contributed by atoms with Crippen molar-refractivity contribution in [3.63, 3.8) is 0 Å². The molecule has 5 rings (SSSR count). The molecule has 7 nitrogen and oxygen atoms in total. The second-order valence-electron chi connectivity index (χ2n) is 9.62. The van der Waals surface area contributed by atoms with Crippen molar-refractivity contribution < 1.29 is 4.74 Å². The van der Waals surface area contributed by atoms with Crippen molar-refractivity contribution >= 4 is 16.6 Å². The minimum atomic E-state index is 0.160. The maximum atomic E-state index is 6.29. The molecule has 1 atom stereocenters. The van der Waals surface area contributed by atoms with Gasteiger partial charge in [0.25, 0.3) is 0 Å². The molecule has 0 bridgehead atoms. The predicted molar refractivity (Wildman–Crippen MR) is 154 cm³/mol. The van der Waals surface area contributed by atoms with Gasteiger partial charge < -0.3 is 15.0 Å². The van der Waals surface area contributed by atoms with E-state index in [1.54, 1.807) is 0 Å². The van der Waals surface area contributed by atoms with Gasteiger partial charge in [-0.25, -0.2) is 0 Å². The number of aromatic nitrogens is 5. The summed E-state index contributed by atoms with van der Waals surface area (Å²) in [4.78, 5) is 3.53. The number of H-pyrrole nitrogens is 2. The summed E-state index contributed by atoms with van der Waals surface area (Å²) in [5.41, 5.74) is 7.26. The highest BCUT2D eigenvalue weighted by Gasteiger charge is 2.16. The Morgan fingerprint density at radius 3 is 2.53 bits per heavy atom. The average molecular weight is 509 g/mol. The van der Waals surface area contributed by atoms with E-state index in [1.807, 2.05) is 0 Å². The van der Waals surface area contributed by atoms with Crippen molar-refractivity contribution in [2.75, 3.05) is 18.5 Å². The van der Waals surface area contributed by atoms with E-state index in [-0.39, 0.29) is 5.92 Å². The number of fused-ring (bicyclic) bond motifs is 1. The fourth-order valence-electron chi connectivity index (χ4n) is 5.09. The summed E-state index contributed by atoms with van der Waals surface area (Å²) in [6, 6.07) is 23.4. The van der Waals surface area contributed by atoms with Crippen LogP contribution in [-0.2, 0) is 6.42 Å². The summed E-state index contributed by atoms with van der Waals surface area (Å²) in [5, 5.41) is 19.3. The lowest BCUT2D eigenvalue weighted by Crippen LogP contribution is -2.06. The van der Waals surface area contributed by atoms with Crippen LogP contribution in [0.2, 0.25) is 0 Å². The summed E-state index contributed by atoms with van der Waals surface area (Å²) in [5.74, 6) is 1.89. The first-order valence-corrected chi connectivity index (χ1v) is 13.7. The molecule has 0 aliphatic heterocycles. The van der Waals surface area contributed by atoms with Crippen molar-refractivity contribution in [3.05, 3.63) is 89.9 Å². The van der Waals surface area contributed by atoms with Crippen LogP contribution >= 0.6 is 0 Å². The van der Waals surface area contributed by atoms with Gasteiger partial charge in [-0.3, -0.25) is 0 Å². The summed E-state index contributed by atoms with van der Waals surface area (Å²) < 4.78 is 6.29. The molecule has 0 saturated heterocycles. The predicted octanol–water partition coefficient (Wildman–Crippen LogP) is 7.11. The molecule has 0 aliphatic carbocycles. The van der Waals surface area contributed by atoms with Gasteiger partial charge >= 0.3 is 0 Å². The van der Waals surface area contributed by atoms with Crippen LogP contribution in [0.15, 0.2) is 72.9 Å². The smallest absolute Gasteiger partial charge is 0.181 e. The highest BCUT2D eigenvalue weighted by atomic mass is 16.5. The largest absolute Gasteiger partial charge is 0.493 e. The molecular weight excluding hydrogens is 472 g/mol. The molecule has 0 radical (unpaired) electrons. The third kappa shape index (κ3) is 5.72. The molecule has 196 valence electrons. The molecule has 3 N–H and O–H groups in total. The number of hydrogen-bond acceptors (Lipinski definition) is 5. The SMILES string of the molecule is CCCc1c(OCCCCNc2ccc(C(CC)c3nn[nH]n3)cc2)ccc2c(-c3ccccc3)c[nH]c12. The highest BCUT2D eigenvalue weighted by Crippen LogP contribution is 2.35. The van der Waals surface area contributed by atoms with Gasteiger partial charge in [-0.05, 0) is 61.1 Å². The summed E-state index contributed by atoms with van der Waals surface area (Å²) in [6.07, 6.45) is 7.14. The normalized spacial score (nSPS) is 12.1. The van der Waals surface area contributed by atoms with E-state index in [4.69, 9.17) is 4.74 Å². The Balaban J connectivity index is 1.13. The average Bonchev–Trinajstić information content (AvgIpc) is 3.64. The third-order valence-electron chi connectivity index (χ3n) is 7.06. The minimum absolute atomic E-state index is 0.160. The number of ether oxygens (including phenoxy) is 1. The Bertz CT molecular complexity index is 1410. The topological polar surface area (TPSA) is 91.5 Å². The molecule has 0 spiro atoms. The fourth-order valence-corrected chi connectivity index (χ4v) is 5.09. The van der Waals surface area contributed by atoms with Gasteiger partial charge in [0.15, 0.2) is 5.82 Å². The van der Waals surface area contributed by atoms with E-state index in [0.29, 0.717) is 6.61 Å². The molecule has 2 aromatic heterocycles. The Labute approximate surface area is 224 Å². The van der Waals surface area contributed by atoms with Crippen LogP contribution in [-0.4, -0.2) is 38.8 Å². The van der Waals surface area contributed by atoms with Gasteiger partial charge in [0.2, 0.25) is 0 Å². The molecule has 3 aromatic carbocycles. The fraction of sp³-hybridized carbons (Fsp3) is 0.323. The molecule has 0 aliphatic rings. The lowest BCUT2D eigenvalue weighted by Gasteiger charge is -2.14. The molecule has 0 fully saturated rings. The van der Waals surface area contributed by atoms with Gasteiger partial charge in [0.1, 0.15) is 5.75 Å². The lowest BCUT2D eigenvalue weighted by atomic mass is 9.96. The zero-order valence-corrected chi connectivity index (χ0v) is 22.2. The molecular formula is C31H36N6O. The second-order valence-corrected chi connectivity index (χ2v) is 9.62. The van der Waals surface area contributed by atoms with Crippen molar-refractivity contribution in [2.24, 2.45) is 0 Å². The monoisotopic (exact) mass is 508 g/mol. The first kappa shape index (κ1) is 25.5. The van der Waals surface area contributed by atoms with Crippen molar-refractivity contribution in [2.45, 2.75) is 51.9 Å². The van der Waals surface area contributed by atoms with Crippen LogP contribution in [0.3, 0.4) is 0 Å². The van der Waals surface area contributed by atoms with Gasteiger partial charge in [0.05, 0.1) is 12.1 Å². The van der Waals surface area contributed by atoms with Crippen LogP contribution in [0.4, 0.5) is 5.69 Å². The second kappa shape index (κ2) is 12.4. The molecule has 0 saturated carbocycles. The zero-order chi connectivity index (χ0) is 26.2. The summed E-state index contributed by atoms with van der Waals surface area (Å²) in [7, 11) is 0. The molecule has 1 unspecified atom stereocenters. The van der Waals surface area contributed by atoms with Gasteiger partial charge in [-0.15, -0.1) is 10.2 Å². The molecule has 0 amide bonds. The summed E-state index contributed by atoms with van der Waals surface area (Å²) >= 11 is 0. The molecule has 38 heavy (non-hydrogen) atoms. The Hall–Kier alpha value is -4.13. The van der Waals surface area contributed by atoms with Crippen molar-refractivity contribution in [1.82, 2.24) is 25.6 Å². The number of unbranched alkanes of at least 4 members (excludes halogenated alkanes) is 1. The molecule has 7 heteroatoms. The number of hydrogen-bond donors (Lipinski definition) is 3. The molecule has 5 aromatic rings. The van der Waals surface area contributed by atoms with E-state index in [9.17, 15) is 0 Å². The Morgan fingerprint density at radius 2 is 1.79 bits per heavy atom. The van der Waals surface area contributed by atoms with E-state index in [1.165, 1.54) is 33.2 Å². The van der Waals surface area contributed by atoms with E-state index >= 15 is 0 Å². The van der Waals surface area contributed by atoms with E-state index in [2.05, 4.69) is 118 Å². The maximum Gasteiger partial charge on any atom is 0.181 e. The minimum Gasteiger partial charge on any atom is -0.493 e. The van der Waals surface area contributed by atoms with Gasteiger partial charge in [-0.1, -0.05) is 67.9 Å². The number of anilines is 1. The molecule has 2 heterocycles. The van der Waals surface area contributed by atoms with Crippen LogP contribution in [0, 0.1) is 0 Å². The zero-order valence-electron chi connectivity index (χ0n) is 22.2. The number of rotatable bonds is 13. The first-order valence-electron chi connectivity index (χ1n) is 13.7. The van der Waals surface area contributed by atoms with Crippen LogP contribution < -0.4 is 10.1 Å². The first-order chi connectivity index (χ1) is 18.8. The summed E-state index contributed by atoms with van der Waals surface area (Å²) in [6.45, 7) is 5.97. The number of tetrazole rings is 1. The van der Waals surface area contributed by atoms with Gasteiger partial charge in [-0.2, -0.15) is 5.21 Å². The maximum absolute atomic E-state index is 6.29. The number of aryl methyl sites for hydroxylation is 1. The van der Waals surface area contributed by atoms with Gasteiger partial charge in [0, 0.05) is 40.9 Å². The third-order valence-corrected chi connectivity index (χ3v) is 7.06. The van der Waals surface area contributed by atoms with Crippen LogP contribution in [0.1, 0.15) is 62.4 Å². The van der Waals surface area contributed by atoms with E-state index < -0.39 is 0 Å². The number of aromatic amines is 2. The Morgan fingerprint density at radius 1 is 0.947 bits per heavy atom. The number of benzene rings is 3. The number of nitrogens with one attached hydrogen (secondary N) is 3. The number of nitrogens with zero attached hydrogens (tertiary/aromatic N) is 3. The highest BCUT2D eigenvalue weighted by molar-refractivity contribution is 5.98.